The summed E-state index contributed by atoms with van der Waals surface area (Å²) >= 11 is 5.19. The summed E-state index contributed by atoms with van der Waals surface area (Å²) in [6.45, 7) is 2.17. The van der Waals surface area contributed by atoms with Gasteiger partial charge in [-0.3, -0.25) is 9.59 Å². The van der Waals surface area contributed by atoms with Gasteiger partial charge in [0.25, 0.3) is 5.91 Å². The van der Waals surface area contributed by atoms with Crippen molar-refractivity contribution in [3.05, 3.63) is 34.2 Å². The van der Waals surface area contributed by atoms with Crippen LogP contribution in [0.25, 0.3) is 0 Å². The van der Waals surface area contributed by atoms with Gasteiger partial charge < -0.3 is 16.0 Å². The van der Waals surface area contributed by atoms with Gasteiger partial charge in [0.2, 0.25) is 5.56 Å². The minimum absolute atomic E-state index is 0.302. The third kappa shape index (κ3) is 3.50. The Bertz CT molecular complexity index is 589. The maximum atomic E-state index is 12.3. The summed E-state index contributed by atoms with van der Waals surface area (Å²) in [5.41, 5.74) is 5.29. The van der Waals surface area contributed by atoms with Gasteiger partial charge in [0.1, 0.15) is 0 Å². The highest BCUT2D eigenvalue weighted by Crippen LogP contribution is 2.34. The maximum absolute atomic E-state index is 12.3. The molecule has 0 unspecified atom stereocenters. The van der Waals surface area contributed by atoms with Crippen LogP contribution in [0.3, 0.4) is 0 Å². The summed E-state index contributed by atoms with van der Waals surface area (Å²) in [4.78, 5) is 26.5. The monoisotopic (exact) mass is 307 g/mol. The van der Waals surface area contributed by atoms with Crippen molar-refractivity contribution in [1.29, 1.82) is 0 Å². The first-order valence-electron chi connectivity index (χ1n) is 7.28. The molecule has 0 radical (unpaired) electrons. The molecule has 114 valence electrons. The Hall–Kier alpha value is -1.69. The zero-order valence-electron chi connectivity index (χ0n) is 12.1. The van der Waals surface area contributed by atoms with Crippen LogP contribution in [0.5, 0.6) is 0 Å². The molecule has 0 aromatic carbocycles. The van der Waals surface area contributed by atoms with Crippen molar-refractivity contribution in [2.45, 2.75) is 44.6 Å². The second-order valence-corrected chi connectivity index (χ2v) is 6.13. The topological polar surface area (TPSA) is 88.0 Å². The number of thiocarbonyl (C=S) groups is 1. The van der Waals surface area contributed by atoms with Gasteiger partial charge in [-0.15, -0.1) is 0 Å². The smallest absolute Gasteiger partial charge is 0.252 e. The SMILES string of the molecule is CCC1CCC(NC(=O)c2cc[nH]c(=O)c2)(C(N)=S)CC1. The molecule has 1 heterocycles. The molecule has 5 nitrogen and oxygen atoms in total. The summed E-state index contributed by atoms with van der Waals surface area (Å²) in [7, 11) is 0. The van der Waals surface area contributed by atoms with Gasteiger partial charge in [-0.05, 0) is 37.7 Å². The lowest BCUT2D eigenvalue weighted by Gasteiger charge is -2.40. The number of aromatic amines is 1. The lowest BCUT2D eigenvalue weighted by atomic mass is 9.75. The fraction of sp³-hybridized carbons (Fsp3) is 0.533. The molecular formula is C15H21N3O2S. The minimum atomic E-state index is -0.624. The van der Waals surface area contributed by atoms with Gasteiger partial charge in [0.05, 0.1) is 10.5 Å². The summed E-state index contributed by atoms with van der Waals surface area (Å²) in [6, 6.07) is 2.85. The van der Waals surface area contributed by atoms with Crippen LogP contribution in [0.4, 0.5) is 0 Å². The first-order valence-corrected chi connectivity index (χ1v) is 7.69. The average molecular weight is 307 g/mol. The molecule has 2 rings (SSSR count). The van der Waals surface area contributed by atoms with E-state index in [0.29, 0.717) is 16.5 Å². The van der Waals surface area contributed by atoms with Gasteiger partial charge in [-0.2, -0.15) is 0 Å². The molecule has 21 heavy (non-hydrogen) atoms. The first-order chi connectivity index (χ1) is 9.97. The molecular weight excluding hydrogens is 286 g/mol. The maximum Gasteiger partial charge on any atom is 0.252 e. The lowest BCUT2D eigenvalue weighted by molar-refractivity contribution is 0.0898. The number of aromatic nitrogens is 1. The van der Waals surface area contributed by atoms with E-state index in [0.717, 1.165) is 32.1 Å². The van der Waals surface area contributed by atoms with Crippen LogP contribution in [0.15, 0.2) is 23.1 Å². The van der Waals surface area contributed by atoms with E-state index in [4.69, 9.17) is 18.0 Å². The Labute approximate surface area is 129 Å². The van der Waals surface area contributed by atoms with Crippen LogP contribution >= 0.6 is 12.2 Å². The lowest BCUT2D eigenvalue weighted by Crippen LogP contribution is -2.58. The molecule has 1 amide bonds. The van der Waals surface area contributed by atoms with Crippen LogP contribution in [-0.2, 0) is 0 Å². The predicted molar refractivity (Wildman–Crippen MR) is 86.3 cm³/mol. The highest BCUT2D eigenvalue weighted by atomic mass is 32.1. The molecule has 1 fully saturated rings. The van der Waals surface area contributed by atoms with E-state index in [9.17, 15) is 9.59 Å². The Kier molecular flexibility index (Phi) is 4.77. The van der Waals surface area contributed by atoms with Crippen molar-refractivity contribution in [2.24, 2.45) is 11.7 Å². The van der Waals surface area contributed by atoms with E-state index in [-0.39, 0.29) is 11.5 Å². The molecule has 0 saturated heterocycles. The van der Waals surface area contributed by atoms with E-state index in [1.165, 1.54) is 12.3 Å². The fourth-order valence-corrected chi connectivity index (χ4v) is 3.14. The minimum Gasteiger partial charge on any atom is -0.391 e. The molecule has 1 saturated carbocycles. The summed E-state index contributed by atoms with van der Waals surface area (Å²) in [5, 5.41) is 2.96. The zero-order valence-corrected chi connectivity index (χ0v) is 13.0. The normalized spacial score (nSPS) is 25.3. The summed E-state index contributed by atoms with van der Waals surface area (Å²) < 4.78 is 0. The van der Waals surface area contributed by atoms with Crippen LogP contribution in [-0.4, -0.2) is 21.4 Å². The van der Waals surface area contributed by atoms with Gasteiger partial charge in [0, 0.05) is 17.8 Å². The summed E-state index contributed by atoms with van der Waals surface area (Å²) in [6.07, 6.45) is 6.12. The quantitative estimate of drug-likeness (QED) is 0.739. The van der Waals surface area contributed by atoms with Crippen molar-refractivity contribution in [3.63, 3.8) is 0 Å². The molecule has 0 atom stereocenters. The number of hydrogen-bond donors (Lipinski definition) is 3. The zero-order chi connectivity index (χ0) is 15.5. The van der Waals surface area contributed by atoms with Gasteiger partial charge in [0.15, 0.2) is 0 Å². The van der Waals surface area contributed by atoms with E-state index < -0.39 is 5.54 Å². The van der Waals surface area contributed by atoms with Crippen LogP contribution in [0, 0.1) is 5.92 Å². The van der Waals surface area contributed by atoms with Crippen LogP contribution < -0.4 is 16.6 Å². The van der Waals surface area contributed by atoms with Crippen molar-refractivity contribution >= 4 is 23.1 Å². The van der Waals surface area contributed by atoms with Crippen molar-refractivity contribution in [2.75, 3.05) is 0 Å². The molecule has 0 spiro atoms. The predicted octanol–water partition coefficient (Wildman–Crippen LogP) is 1.73. The van der Waals surface area contributed by atoms with E-state index in [1.54, 1.807) is 6.07 Å². The second-order valence-electron chi connectivity index (χ2n) is 5.69. The van der Waals surface area contributed by atoms with Gasteiger partial charge in [-0.1, -0.05) is 25.6 Å². The van der Waals surface area contributed by atoms with Crippen LogP contribution in [0.2, 0.25) is 0 Å². The van der Waals surface area contributed by atoms with E-state index in [1.807, 2.05) is 0 Å². The van der Waals surface area contributed by atoms with Crippen molar-refractivity contribution in [3.8, 4) is 0 Å². The van der Waals surface area contributed by atoms with E-state index in [2.05, 4.69) is 17.2 Å². The Balaban J connectivity index is 2.16. The number of nitrogens with two attached hydrogens (primary N) is 1. The Morgan fingerprint density at radius 3 is 2.71 bits per heavy atom. The Morgan fingerprint density at radius 1 is 1.52 bits per heavy atom. The number of carbonyl (C=O) groups excluding carboxylic acids is 1. The molecule has 1 aliphatic carbocycles. The molecule has 6 heteroatoms. The number of nitrogens with one attached hydrogen (secondary N) is 2. The molecule has 1 aromatic rings. The number of amides is 1. The number of H-pyrrole nitrogens is 1. The largest absolute Gasteiger partial charge is 0.391 e. The molecule has 1 aliphatic rings. The number of carbonyl (C=O) groups is 1. The third-order valence-corrected chi connectivity index (χ3v) is 4.79. The van der Waals surface area contributed by atoms with Gasteiger partial charge in [-0.25, -0.2) is 0 Å². The van der Waals surface area contributed by atoms with Crippen molar-refractivity contribution in [1.82, 2.24) is 10.3 Å². The third-order valence-electron chi connectivity index (χ3n) is 4.40. The molecule has 0 bridgehead atoms. The highest BCUT2D eigenvalue weighted by Gasteiger charge is 2.39. The average Bonchev–Trinajstić information content (AvgIpc) is 2.47. The van der Waals surface area contributed by atoms with E-state index >= 15 is 0 Å². The number of rotatable bonds is 4. The first kappa shape index (κ1) is 15.7. The molecule has 0 aliphatic heterocycles. The highest BCUT2D eigenvalue weighted by molar-refractivity contribution is 7.80. The fourth-order valence-electron chi connectivity index (χ4n) is 2.89. The van der Waals surface area contributed by atoms with Crippen LogP contribution in [0.1, 0.15) is 49.4 Å². The van der Waals surface area contributed by atoms with Crippen molar-refractivity contribution < 1.29 is 4.79 Å². The molecule has 4 N–H and O–H groups in total. The van der Waals surface area contributed by atoms with Gasteiger partial charge >= 0.3 is 0 Å². The molecule has 1 aromatic heterocycles. The summed E-state index contributed by atoms with van der Waals surface area (Å²) in [5.74, 6) is 0.368. The number of pyridine rings is 1. The standard InChI is InChI=1S/C15H21N3O2S/c1-2-10-3-6-15(7-4-10,14(16)21)18-13(20)11-5-8-17-12(19)9-11/h5,8-10H,2-4,6-7H2,1H3,(H2,16,21)(H,17,19)(H,18,20). The second kappa shape index (κ2) is 6.39. The number of hydrogen-bond acceptors (Lipinski definition) is 3. The Morgan fingerprint density at radius 2 is 2.19 bits per heavy atom.